The van der Waals surface area contributed by atoms with Gasteiger partial charge in [-0.05, 0) is 20.3 Å². The minimum atomic E-state index is -0.939. The number of anilines is 1. The Kier molecular flexibility index (Phi) is 4.25. The van der Waals surface area contributed by atoms with Crippen LogP contribution in [-0.4, -0.2) is 50.1 Å². The molecule has 1 aromatic rings. The van der Waals surface area contributed by atoms with Crippen molar-refractivity contribution in [3.8, 4) is 0 Å². The Balaban J connectivity index is 2.18. The van der Waals surface area contributed by atoms with Gasteiger partial charge < -0.3 is 20.6 Å². The Morgan fingerprint density at radius 2 is 1.95 bits per heavy atom. The second-order valence-electron chi connectivity index (χ2n) is 4.95. The Morgan fingerprint density at radius 3 is 2.53 bits per heavy atom. The lowest BCUT2D eigenvalue weighted by molar-refractivity contribution is 0.00445. The molecule has 6 nitrogen and oxygen atoms in total. The van der Waals surface area contributed by atoms with Crippen molar-refractivity contribution in [2.45, 2.75) is 38.5 Å². The van der Waals surface area contributed by atoms with E-state index in [1.165, 1.54) is 0 Å². The molecule has 0 aliphatic heterocycles. The van der Waals surface area contributed by atoms with E-state index < -0.39 is 12.2 Å². The predicted molar refractivity (Wildman–Crippen MR) is 71.1 cm³/mol. The van der Waals surface area contributed by atoms with Crippen LogP contribution in [-0.2, 0) is 0 Å². The molecular formula is C12H18ClN3O3. The number of nitrogens with zero attached hydrogens (tertiary/aromatic N) is 2. The zero-order valence-electron chi connectivity index (χ0n) is 10.8. The van der Waals surface area contributed by atoms with Crippen molar-refractivity contribution >= 4 is 17.4 Å². The van der Waals surface area contributed by atoms with Gasteiger partial charge in [0.2, 0.25) is 0 Å². The minimum absolute atomic E-state index is 0.154. The number of aliphatic hydroxyl groups is 3. The molecule has 1 fully saturated rings. The van der Waals surface area contributed by atoms with Crippen molar-refractivity contribution in [2.75, 3.05) is 11.9 Å². The average molecular weight is 288 g/mol. The van der Waals surface area contributed by atoms with Crippen LogP contribution in [0, 0.1) is 19.8 Å². The summed E-state index contributed by atoms with van der Waals surface area (Å²) >= 11 is 5.98. The quantitative estimate of drug-likeness (QED) is 0.595. The van der Waals surface area contributed by atoms with Gasteiger partial charge in [0, 0.05) is 18.1 Å². The molecule has 0 amide bonds. The highest BCUT2D eigenvalue weighted by Crippen LogP contribution is 2.30. The third-order valence-electron chi connectivity index (χ3n) is 3.56. The van der Waals surface area contributed by atoms with Gasteiger partial charge in [-0.1, -0.05) is 11.6 Å². The summed E-state index contributed by atoms with van der Waals surface area (Å²) < 4.78 is 0. The van der Waals surface area contributed by atoms with Crippen molar-refractivity contribution in [1.82, 2.24) is 9.97 Å². The fourth-order valence-corrected chi connectivity index (χ4v) is 2.57. The molecule has 4 atom stereocenters. The molecule has 19 heavy (non-hydrogen) atoms. The molecular weight excluding hydrogens is 270 g/mol. The molecule has 0 unspecified atom stereocenters. The van der Waals surface area contributed by atoms with E-state index in [1.807, 2.05) is 0 Å². The molecule has 0 bridgehead atoms. The average Bonchev–Trinajstić information content (AvgIpc) is 2.63. The van der Waals surface area contributed by atoms with E-state index in [4.69, 9.17) is 16.7 Å². The van der Waals surface area contributed by atoms with E-state index in [0.717, 1.165) is 0 Å². The summed E-state index contributed by atoms with van der Waals surface area (Å²) in [4.78, 5) is 8.28. The molecule has 0 radical (unpaired) electrons. The molecule has 0 spiro atoms. The van der Waals surface area contributed by atoms with Crippen LogP contribution in [0.5, 0.6) is 0 Å². The zero-order chi connectivity index (χ0) is 14.2. The number of aliphatic hydroxyl groups excluding tert-OH is 3. The van der Waals surface area contributed by atoms with E-state index in [9.17, 15) is 10.2 Å². The second kappa shape index (κ2) is 5.58. The maximum Gasteiger partial charge on any atom is 0.137 e. The van der Waals surface area contributed by atoms with Gasteiger partial charge in [-0.15, -0.1) is 0 Å². The summed E-state index contributed by atoms with van der Waals surface area (Å²) in [6, 6.07) is -0.365. The highest BCUT2D eigenvalue weighted by atomic mass is 35.5. The van der Waals surface area contributed by atoms with Crippen molar-refractivity contribution in [3.05, 3.63) is 16.5 Å². The molecule has 0 aromatic carbocycles. The molecule has 1 saturated carbocycles. The van der Waals surface area contributed by atoms with Gasteiger partial charge in [-0.3, -0.25) is 0 Å². The first-order valence-corrected chi connectivity index (χ1v) is 6.56. The number of halogens is 1. The molecule has 2 rings (SSSR count). The number of rotatable bonds is 3. The van der Waals surface area contributed by atoms with E-state index >= 15 is 0 Å². The fraction of sp³-hybridized carbons (Fsp3) is 0.667. The summed E-state index contributed by atoms with van der Waals surface area (Å²) in [5, 5.41) is 32.3. The zero-order valence-corrected chi connectivity index (χ0v) is 11.6. The van der Waals surface area contributed by atoms with Gasteiger partial charge in [0.15, 0.2) is 0 Å². The molecule has 7 heteroatoms. The molecule has 1 aromatic heterocycles. The lowest BCUT2D eigenvalue weighted by Gasteiger charge is -2.20. The van der Waals surface area contributed by atoms with Crippen molar-refractivity contribution in [3.63, 3.8) is 0 Å². The van der Waals surface area contributed by atoms with Gasteiger partial charge in [0.05, 0.1) is 12.1 Å². The summed E-state index contributed by atoms with van der Waals surface area (Å²) in [6.45, 7) is 3.36. The highest BCUT2D eigenvalue weighted by molar-refractivity contribution is 6.30. The number of nitrogens with one attached hydrogen (secondary N) is 1. The maximum atomic E-state index is 9.95. The summed E-state index contributed by atoms with van der Waals surface area (Å²) in [5.74, 6) is 0.753. The third-order valence-corrected chi connectivity index (χ3v) is 3.92. The van der Waals surface area contributed by atoms with Gasteiger partial charge in [-0.2, -0.15) is 0 Å². The van der Waals surface area contributed by atoms with Crippen LogP contribution in [0.1, 0.15) is 17.8 Å². The molecule has 1 aliphatic rings. The SMILES string of the molecule is Cc1nc(Cl)c(C)c(N[C@@H]2C[C@H](CO)[C@@H](O)[C@H]2O)n1. The van der Waals surface area contributed by atoms with Crippen molar-refractivity contribution in [2.24, 2.45) is 5.92 Å². The third kappa shape index (κ3) is 2.81. The van der Waals surface area contributed by atoms with Crippen LogP contribution >= 0.6 is 11.6 Å². The monoisotopic (exact) mass is 287 g/mol. The topological polar surface area (TPSA) is 98.5 Å². The lowest BCUT2D eigenvalue weighted by atomic mass is 10.1. The second-order valence-corrected chi connectivity index (χ2v) is 5.30. The summed E-state index contributed by atoms with van der Waals surface area (Å²) in [6.07, 6.45) is -1.40. The first-order valence-electron chi connectivity index (χ1n) is 6.18. The van der Waals surface area contributed by atoms with Crippen LogP contribution in [0.15, 0.2) is 0 Å². The molecule has 4 N–H and O–H groups in total. The van der Waals surface area contributed by atoms with Gasteiger partial charge in [-0.25, -0.2) is 9.97 Å². The lowest BCUT2D eigenvalue weighted by Crippen LogP contribution is -2.35. The predicted octanol–water partition coefficient (Wildman–Crippen LogP) is 0.261. The molecule has 1 heterocycles. The Hall–Kier alpha value is -0.950. The maximum absolute atomic E-state index is 9.95. The smallest absolute Gasteiger partial charge is 0.137 e. The van der Waals surface area contributed by atoms with E-state index in [1.54, 1.807) is 13.8 Å². The molecule has 0 saturated heterocycles. The van der Waals surface area contributed by atoms with Crippen LogP contribution in [0.3, 0.4) is 0 Å². The Bertz CT molecular complexity index is 472. The Labute approximate surface area is 116 Å². The van der Waals surface area contributed by atoms with Crippen LogP contribution in [0.4, 0.5) is 5.82 Å². The van der Waals surface area contributed by atoms with Gasteiger partial charge in [0.25, 0.3) is 0 Å². The normalized spacial score (nSPS) is 30.6. The Morgan fingerprint density at radius 1 is 1.26 bits per heavy atom. The standard InChI is InChI=1S/C12H18ClN3O3/c1-5-11(13)14-6(2)15-12(5)16-8-3-7(4-17)9(18)10(8)19/h7-10,17-19H,3-4H2,1-2H3,(H,14,15,16)/t7-,8-,9-,10+/m1/s1. The van der Waals surface area contributed by atoms with E-state index in [2.05, 4.69) is 15.3 Å². The number of aryl methyl sites for hydroxylation is 1. The minimum Gasteiger partial charge on any atom is -0.396 e. The summed E-state index contributed by atoms with van der Waals surface area (Å²) in [7, 11) is 0. The molecule has 1 aliphatic carbocycles. The fourth-order valence-electron chi connectivity index (χ4n) is 2.36. The van der Waals surface area contributed by atoms with Crippen LogP contribution in [0.2, 0.25) is 5.15 Å². The first kappa shape index (κ1) is 14.5. The van der Waals surface area contributed by atoms with E-state index in [-0.39, 0.29) is 18.6 Å². The van der Waals surface area contributed by atoms with Gasteiger partial charge in [0.1, 0.15) is 22.9 Å². The van der Waals surface area contributed by atoms with Crippen molar-refractivity contribution < 1.29 is 15.3 Å². The van der Waals surface area contributed by atoms with Crippen LogP contribution < -0.4 is 5.32 Å². The number of hydrogen-bond donors (Lipinski definition) is 4. The largest absolute Gasteiger partial charge is 0.396 e. The van der Waals surface area contributed by atoms with Crippen molar-refractivity contribution in [1.29, 1.82) is 0 Å². The summed E-state index contributed by atoms with van der Waals surface area (Å²) in [5.41, 5.74) is 0.696. The highest BCUT2D eigenvalue weighted by Gasteiger charge is 2.41. The molecule has 106 valence electrons. The van der Waals surface area contributed by atoms with Crippen LogP contribution in [0.25, 0.3) is 0 Å². The van der Waals surface area contributed by atoms with Gasteiger partial charge >= 0.3 is 0 Å². The number of aromatic nitrogens is 2. The first-order chi connectivity index (χ1) is 8.93. The van der Waals surface area contributed by atoms with E-state index in [0.29, 0.717) is 28.8 Å². The number of hydrogen-bond acceptors (Lipinski definition) is 6.